The zero-order chi connectivity index (χ0) is 21.0. The van der Waals surface area contributed by atoms with Crippen LogP contribution in [0.5, 0.6) is 0 Å². The number of benzene rings is 2. The molecule has 0 radical (unpaired) electrons. The summed E-state index contributed by atoms with van der Waals surface area (Å²) in [7, 11) is -3.75. The van der Waals surface area contributed by atoms with Gasteiger partial charge in [0.05, 0.1) is 5.75 Å². The van der Waals surface area contributed by atoms with E-state index in [9.17, 15) is 22.0 Å². The van der Waals surface area contributed by atoms with Gasteiger partial charge in [0.1, 0.15) is 11.6 Å². The number of carbonyl (C=O) groups excluding carboxylic acids is 1. The highest BCUT2D eigenvalue weighted by Gasteiger charge is 2.32. The summed E-state index contributed by atoms with van der Waals surface area (Å²) < 4.78 is 53.4. The van der Waals surface area contributed by atoms with Crippen LogP contribution >= 0.6 is 11.6 Å². The second-order valence-corrected chi connectivity index (χ2v) is 9.35. The Kier molecular flexibility index (Phi) is 6.87. The number of rotatable bonds is 6. The van der Waals surface area contributed by atoms with Crippen LogP contribution in [-0.2, 0) is 27.1 Å². The fourth-order valence-electron chi connectivity index (χ4n) is 3.28. The fraction of sp³-hybridized carbons (Fsp3) is 0.350. The minimum absolute atomic E-state index is 0.0478. The Morgan fingerprint density at radius 1 is 1.10 bits per heavy atom. The van der Waals surface area contributed by atoms with Gasteiger partial charge in [0.15, 0.2) is 0 Å². The van der Waals surface area contributed by atoms with Gasteiger partial charge in [-0.05, 0) is 42.7 Å². The predicted octanol–water partition coefficient (Wildman–Crippen LogP) is 3.48. The summed E-state index contributed by atoms with van der Waals surface area (Å²) in [5.41, 5.74) is 0.731. The summed E-state index contributed by atoms with van der Waals surface area (Å²) in [6.07, 6.45) is 0.749. The van der Waals surface area contributed by atoms with Crippen molar-refractivity contribution in [2.45, 2.75) is 25.1 Å². The average molecular weight is 443 g/mol. The highest BCUT2D eigenvalue weighted by Crippen LogP contribution is 2.26. The molecule has 0 aromatic heterocycles. The standard InChI is InChI=1S/C20H21ClF2N2O3S/c21-18-2-1-3-19(23)17(18)13-29(27,28)25-10-8-15(9-11-25)20(26)24-12-14-4-6-16(22)7-5-14/h1-7,15H,8-13H2,(H,24,26). The molecule has 1 amide bonds. The van der Waals surface area contributed by atoms with Gasteiger partial charge in [-0.2, -0.15) is 0 Å². The molecule has 0 aliphatic carbocycles. The first-order valence-corrected chi connectivity index (χ1v) is 11.2. The number of nitrogens with one attached hydrogen (secondary N) is 1. The van der Waals surface area contributed by atoms with Crippen LogP contribution in [0.15, 0.2) is 42.5 Å². The Balaban J connectivity index is 1.53. The molecule has 9 heteroatoms. The number of nitrogens with zero attached hydrogens (tertiary/aromatic N) is 1. The molecule has 1 fully saturated rings. The molecule has 2 aromatic rings. The number of amides is 1. The first kappa shape index (κ1) is 21.7. The molecule has 1 N–H and O–H groups in total. The molecular formula is C20H21ClF2N2O3S. The molecule has 0 bridgehead atoms. The third kappa shape index (κ3) is 5.52. The van der Waals surface area contributed by atoms with Crippen molar-refractivity contribution in [1.29, 1.82) is 0 Å². The molecule has 3 rings (SSSR count). The van der Waals surface area contributed by atoms with Crippen LogP contribution in [0.4, 0.5) is 8.78 Å². The number of carbonyl (C=O) groups is 1. The van der Waals surface area contributed by atoms with Crippen LogP contribution in [0.3, 0.4) is 0 Å². The number of hydrogen-bond acceptors (Lipinski definition) is 3. The molecule has 1 aliphatic rings. The molecule has 1 saturated heterocycles. The maximum absolute atomic E-state index is 13.9. The lowest BCUT2D eigenvalue weighted by Gasteiger charge is -2.30. The molecule has 0 saturated carbocycles. The average Bonchev–Trinajstić information content (AvgIpc) is 2.70. The second kappa shape index (κ2) is 9.19. The first-order chi connectivity index (χ1) is 13.8. The van der Waals surface area contributed by atoms with Crippen molar-refractivity contribution < 1.29 is 22.0 Å². The molecule has 1 heterocycles. The Bertz CT molecular complexity index is 955. The van der Waals surface area contributed by atoms with Gasteiger partial charge in [-0.3, -0.25) is 4.79 Å². The third-order valence-corrected chi connectivity index (χ3v) is 7.15. The predicted molar refractivity (Wildman–Crippen MR) is 107 cm³/mol. The van der Waals surface area contributed by atoms with Gasteiger partial charge in [0.25, 0.3) is 0 Å². The van der Waals surface area contributed by atoms with Crippen molar-refractivity contribution in [2.75, 3.05) is 13.1 Å². The van der Waals surface area contributed by atoms with Gasteiger partial charge < -0.3 is 5.32 Å². The first-order valence-electron chi connectivity index (χ1n) is 9.19. The van der Waals surface area contributed by atoms with Crippen molar-refractivity contribution in [3.63, 3.8) is 0 Å². The number of halogens is 3. The molecule has 5 nitrogen and oxygen atoms in total. The summed E-state index contributed by atoms with van der Waals surface area (Å²) in [4.78, 5) is 12.4. The van der Waals surface area contributed by atoms with E-state index in [-0.39, 0.29) is 47.9 Å². The normalized spacial score (nSPS) is 16.0. The van der Waals surface area contributed by atoms with Gasteiger partial charge in [0, 0.05) is 36.1 Å². The topological polar surface area (TPSA) is 66.5 Å². The SMILES string of the molecule is O=C(NCc1ccc(F)cc1)C1CCN(S(=O)(=O)Cc2c(F)cccc2Cl)CC1. The van der Waals surface area contributed by atoms with Crippen LogP contribution in [0.2, 0.25) is 5.02 Å². The maximum atomic E-state index is 13.9. The Morgan fingerprint density at radius 3 is 2.38 bits per heavy atom. The van der Waals surface area contributed by atoms with E-state index in [1.54, 1.807) is 12.1 Å². The maximum Gasteiger partial charge on any atom is 0.223 e. The number of piperidine rings is 1. The Labute approximate surface area is 173 Å². The molecular weight excluding hydrogens is 422 g/mol. The summed E-state index contributed by atoms with van der Waals surface area (Å²) in [5.74, 6) is -1.98. The highest BCUT2D eigenvalue weighted by atomic mass is 35.5. The lowest BCUT2D eigenvalue weighted by atomic mass is 9.97. The molecule has 1 aliphatic heterocycles. The van der Waals surface area contributed by atoms with E-state index in [1.807, 2.05) is 0 Å². The molecule has 0 spiro atoms. The van der Waals surface area contributed by atoms with Crippen LogP contribution in [0.1, 0.15) is 24.0 Å². The third-order valence-electron chi connectivity index (χ3n) is 4.99. The smallest absolute Gasteiger partial charge is 0.223 e. The number of hydrogen-bond donors (Lipinski definition) is 1. The zero-order valence-electron chi connectivity index (χ0n) is 15.6. The van der Waals surface area contributed by atoms with Crippen LogP contribution in [0.25, 0.3) is 0 Å². The summed E-state index contributed by atoms with van der Waals surface area (Å²) in [6, 6.07) is 9.89. The Morgan fingerprint density at radius 2 is 1.76 bits per heavy atom. The molecule has 2 aromatic carbocycles. The summed E-state index contributed by atoms with van der Waals surface area (Å²) in [6.45, 7) is 0.648. The molecule has 29 heavy (non-hydrogen) atoms. The molecule has 0 atom stereocenters. The summed E-state index contributed by atoms with van der Waals surface area (Å²) in [5, 5.41) is 2.87. The lowest BCUT2D eigenvalue weighted by Crippen LogP contribution is -2.43. The lowest BCUT2D eigenvalue weighted by molar-refractivity contribution is -0.126. The van der Waals surface area contributed by atoms with E-state index < -0.39 is 21.6 Å². The van der Waals surface area contributed by atoms with Crippen LogP contribution in [0, 0.1) is 17.6 Å². The number of sulfonamides is 1. The monoisotopic (exact) mass is 442 g/mol. The van der Waals surface area contributed by atoms with E-state index in [0.717, 1.165) is 5.56 Å². The molecule has 0 unspecified atom stereocenters. The largest absolute Gasteiger partial charge is 0.352 e. The van der Waals surface area contributed by atoms with E-state index >= 15 is 0 Å². The minimum atomic E-state index is -3.75. The van der Waals surface area contributed by atoms with Crippen molar-refractivity contribution in [3.8, 4) is 0 Å². The quantitative estimate of drug-likeness (QED) is 0.744. The molecule has 156 valence electrons. The van der Waals surface area contributed by atoms with Crippen molar-refractivity contribution in [3.05, 3.63) is 70.2 Å². The Hall–Kier alpha value is -2.03. The fourth-order valence-corrected chi connectivity index (χ4v) is 5.19. The van der Waals surface area contributed by atoms with Crippen LogP contribution < -0.4 is 5.32 Å². The van der Waals surface area contributed by atoms with E-state index in [0.29, 0.717) is 12.8 Å². The second-order valence-electron chi connectivity index (χ2n) is 6.97. The van der Waals surface area contributed by atoms with Crippen molar-refractivity contribution in [1.82, 2.24) is 9.62 Å². The van der Waals surface area contributed by atoms with E-state index in [1.165, 1.54) is 34.6 Å². The van der Waals surface area contributed by atoms with E-state index in [4.69, 9.17) is 11.6 Å². The van der Waals surface area contributed by atoms with Crippen molar-refractivity contribution >= 4 is 27.5 Å². The van der Waals surface area contributed by atoms with Gasteiger partial charge >= 0.3 is 0 Å². The summed E-state index contributed by atoms with van der Waals surface area (Å²) >= 11 is 5.94. The van der Waals surface area contributed by atoms with Crippen molar-refractivity contribution in [2.24, 2.45) is 5.92 Å². The van der Waals surface area contributed by atoms with Gasteiger partial charge in [-0.25, -0.2) is 21.5 Å². The van der Waals surface area contributed by atoms with Crippen LogP contribution in [-0.4, -0.2) is 31.7 Å². The van der Waals surface area contributed by atoms with Gasteiger partial charge in [0.2, 0.25) is 15.9 Å². The highest BCUT2D eigenvalue weighted by molar-refractivity contribution is 7.88. The zero-order valence-corrected chi connectivity index (χ0v) is 17.1. The van der Waals surface area contributed by atoms with E-state index in [2.05, 4.69) is 5.32 Å². The van der Waals surface area contributed by atoms with Gasteiger partial charge in [-0.1, -0.05) is 29.8 Å². The minimum Gasteiger partial charge on any atom is -0.352 e. The van der Waals surface area contributed by atoms with Gasteiger partial charge in [-0.15, -0.1) is 0 Å².